The number of cyclic esters (lactones) is 1. The van der Waals surface area contributed by atoms with Gasteiger partial charge in [0.25, 0.3) is 11.7 Å². The number of ether oxygens (including phenoxy) is 8. The number of hydrogen-bond donors (Lipinski definition) is 3. The number of piperazine rings is 1. The molecular formula is C66H107N3O16. The Hall–Kier alpha value is -3.73. The number of methoxy groups -OCH3 is 3. The number of hydrogen-bond acceptors (Lipinski definition) is 18. The number of amides is 1. The summed E-state index contributed by atoms with van der Waals surface area (Å²) >= 11 is 0. The van der Waals surface area contributed by atoms with E-state index in [0.29, 0.717) is 115 Å². The van der Waals surface area contributed by atoms with Gasteiger partial charge in [0.05, 0.1) is 44.2 Å². The highest BCUT2D eigenvalue weighted by Gasteiger charge is 2.53. The molecule has 5 heterocycles. The minimum Gasteiger partial charge on any atom is -0.460 e. The van der Waals surface area contributed by atoms with Crippen LogP contribution in [-0.2, 0) is 61.9 Å². The summed E-state index contributed by atoms with van der Waals surface area (Å²) in [4.78, 5) is 76.9. The minimum absolute atomic E-state index is 0.0129. The third kappa shape index (κ3) is 19.6. The summed E-state index contributed by atoms with van der Waals surface area (Å²) in [6.45, 7) is 21.6. The Morgan fingerprint density at radius 3 is 2.21 bits per heavy atom. The summed E-state index contributed by atoms with van der Waals surface area (Å²) in [6.07, 6.45) is 12.4. The summed E-state index contributed by atoms with van der Waals surface area (Å²) in [5.74, 6) is -7.91. The average molecular weight is 1200 g/mol. The van der Waals surface area contributed by atoms with Crippen LogP contribution in [0.25, 0.3) is 0 Å². The van der Waals surface area contributed by atoms with Gasteiger partial charge in [-0.2, -0.15) is 0 Å². The molecule has 5 fully saturated rings. The summed E-state index contributed by atoms with van der Waals surface area (Å²) in [7, 11) is 4.59. The Morgan fingerprint density at radius 2 is 1.52 bits per heavy atom. The van der Waals surface area contributed by atoms with Crippen LogP contribution in [0.15, 0.2) is 47.6 Å². The van der Waals surface area contributed by atoms with E-state index in [1.165, 1.54) is 18.4 Å². The molecule has 1 saturated carbocycles. The molecule has 1 amide bonds. The molecule has 1 aliphatic carbocycles. The standard InChI is InChI=1S/C66H107N3O16/c1-12-67-40-51-37-50(67)41-68(51)28-30-82-32-31-81-29-18-22-59(71)83-55-26-24-49(36-58(55)79-10)35-45(5)57-39-54(70)44(4)34-47(7)61(73)62(80-11)60(72)46(6)33-42(2)19-14-13-15-20-43(3)56(78-9)38-52-25-23-48(8)66(77,85-52)63(74)64(75)69-27-17-16-21-53(69)65(76)84-57/h13-15,19-20,34,42,44-46,48-58,61-62,70,73,77H,12,16-18,21-33,35-41H2,1-11H3/b15-13+,19-14+,43-20+,47-34+/t42-,44-,45-,46-,48-,49+,50+,51+,52+,53+,54-,55-,56+,57+,58-,61-,62+,66-/m1/s1. The van der Waals surface area contributed by atoms with Crippen molar-refractivity contribution in [3.8, 4) is 0 Å². The second-order valence-corrected chi connectivity index (χ2v) is 25.7. The van der Waals surface area contributed by atoms with Gasteiger partial charge >= 0.3 is 11.9 Å². The van der Waals surface area contributed by atoms with E-state index in [9.17, 15) is 39.3 Å². The molecule has 0 aromatic rings. The van der Waals surface area contributed by atoms with Gasteiger partial charge in [0.15, 0.2) is 5.78 Å². The first-order chi connectivity index (χ1) is 40.6. The fourth-order valence-electron chi connectivity index (χ4n) is 13.9. The molecule has 4 bridgehead atoms. The van der Waals surface area contributed by atoms with Gasteiger partial charge in [-0.3, -0.25) is 29.0 Å². The van der Waals surface area contributed by atoms with Gasteiger partial charge in [0.2, 0.25) is 5.79 Å². The van der Waals surface area contributed by atoms with Crippen molar-refractivity contribution in [3.63, 3.8) is 0 Å². The number of likely N-dealkylation sites (N-methyl/N-ethyl adjacent to an activating group) is 1. The highest BCUT2D eigenvalue weighted by Crippen LogP contribution is 2.39. The fourth-order valence-corrected chi connectivity index (χ4v) is 13.9. The Kier molecular flexibility index (Phi) is 28.4. The van der Waals surface area contributed by atoms with Crippen molar-refractivity contribution in [2.24, 2.45) is 35.5 Å². The lowest BCUT2D eigenvalue weighted by Gasteiger charge is -2.43. The number of nitrogens with zero attached hydrogens (tertiary/aromatic N) is 3. The van der Waals surface area contributed by atoms with Crippen molar-refractivity contribution in [1.82, 2.24) is 14.7 Å². The lowest BCUT2D eigenvalue weighted by atomic mass is 9.78. The maximum Gasteiger partial charge on any atom is 0.329 e. The third-order valence-corrected chi connectivity index (χ3v) is 19.4. The van der Waals surface area contributed by atoms with Crippen molar-refractivity contribution in [2.45, 2.75) is 224 Å². The molecule has 19 nitrogen and oxygen atoms in total. The molecule has 6 rings (SSSR count). The monoisotopic (exact) mass is 1200 g/mol. The van der Waals surface area contributed by atoms with Gasteiger partial charge in [-0.1, -0.05) is 78.0 Å². The number of esters is 2. The van der Waals surface area contributed by atoms with Crippen LogP contribution in [0, 0.1) is 35.5 Å². The average Bonchev–Trinajstić information content (AvgIpc) is 4.31. The van der Waals surface area contributed by atoms with E-state index in [-0.39, 0.29) is 61.4 Å². The first-order valence-corrected chi connectivity index (χ1v) is 32.1. The van der Waals surface area contributed by atoms with Crippen LogP contribution in [-0.4, -0.2) is 213 Å². The Morgan fingerprint density at radius 1 is 0.788 bits per heavy atom. The number of likely N-dealkylation sites (tertiary alicyclic amines) is 2. The molecule has 0 aromatic heterocycles. The van der Waals surface area contributed by atoms with Crippen LogP contribution in [0.5, 0.6) is 0 Å². The van der Waals surface area contributed by atoms with Crippen LogP contribution in [0.4, 0.5) is 0 Å². The van der Waals surface area contributed by atoms with Crippen LogP contribution < -0.4 is 0 Å². The normalized spacial score (nSPS) is 38.2. The molecule has 0 unspecified atom stereocenters. The number of Topliss-reactive ketones (excluding diaryl/α,β-unsaturated/α-hetero) is 2. The Balaban J connectivity index is 1.12. The topological polar surface area (TPSA) is 230 Å². The van der Waals surface area contributed by atoms with E-state index < -0.39 is 90.0 Å². The van der Waals surface area contributed by atoms with Gasteiger partial charge in [-0.25, -0.2) is 4.79 Å². The van der Waals surface area contributed by atoms with Crippen molar-refractivity contribution in [1.29, 1.82) is 0 Å². The smallest absolute Gasteiger partial charge is 0.329 e. The summed E-state index contributed by atoms with van der Waals surface area (Å²) < 4.78 is 47.8. The second kappa shape index (κ2) is 34.3. The number of piperidine rings is 1. The number of aliphatic hydroxyl groups excluding tert-OH is 2. The predicted molar refractivity (Wildman–Crippen MR) is 322 cm³/mol. The number of ketones is 2. The van der Waals surface area contributed by atoms with Gasteiger partial charge < -0.3 is 58.1 Å². The molecule has 0 radical (unpaired) electrons. The minimum atomic E-state index is -2.45. The molecule has 0 spiro atoms. The van der Waals surface area contributed by atoms with E-state index in [0.717, 1.165) is 31.8 Å². The number of carbonyl (C=O) groups is 5. The molecule has 3 N–H and O–H groups in total. The molecule has 4 saturated heterocycles. The van der Waals surface area contributed by atoms with E-state index in [4.69, 9.17) is 37.9 Å². The SMILES string of the molecule is CCN1C[C@@H]2C[C@H]1CN2CCOCCOCCCC(=O)O[C@@H]1CC[C@@H](C[C@@H](C)[C@@H]2C[C@@H](O)[C@H](C)/C=C(\C)[C@@H](O)[C@@H](OC)C(=O)[C@H](C)C[C@H](C)/C=C/C=C/C=C(\C)[C@@H](OC)C[C@@H]3CC[C@@H](C)[C@@](O)(O3)C(=O)C(=O)N3CCCC[C@H]3C(=O)O2)C[C@H]1OC. The van der Waals surface area contributed by atoms with Gasteiger partial charge in [0, 0.05) is 103 Å². The van der Waals surface area contributed by atoms with E-state index in [2.05, 4.69) is 16.7 Å². The largest absolute Gasteiger partial charge is 0.460 e. The third-order valence-electron chi connectivity index (χ3n) is 19.4. The quantitative estimate of drug-likeness (QED) is 0.0537. The van der Waals surface area contributed by atoms with Crippen molar-refractivity contribution < 1.29 is 77.2 Å². The molecule has 85 heavy (non-hydrogen) atoms. The van der Waals surface area contributed by atoms with Gasteiger partial charge in [-0.05, 0) is 126 Å². The first-order valence-electron chi connectivity index (χ1n) is 32.1. The molecule has 0 aromatic carbocycles. The summed E-state index contributed by atoms with van der Waals surface area (Å²) in [5, 5.41) is 35.7. The van der Waals surface area contributed by atoms with Gasteiger partial charge in [0.1, 0.15) is 30.5 Å². The van der Waals surface area contributed by atoms with Crippen LogP contribution in [0.3, 0.4) is 0 Å². The van der Waals surface area contributed by atoms with E-state index in [1.54, 1.807) is 41.1 Å². The molecule has 5 aliphatic heterocycles. The number of rotatable bonds is 18. The van der Waals surface area contributed by atoms with Crippen molar-refractivity contribution in [3.05, 3.63) is 47.6 Å². The second-order valence-electron chi connectivity index (χ2n) is 25.7. The van der Waals surface area contributed by atoms with Crippen molar-refractivity contribution >= 4 is 29.4 Å². The fraction of sp³-hybridized carbons (Fsp3) is 0.803. The highest BCUT2D eigenvalue weighted by molar-refractivity contribution is 6.39. The Labute approximate surface area is 507 Å². The summed E-state index contributed by atoms with van der Waals surface area (Å²) in [6, 6.07) is 0.178. The van der Waals surface area contributed by atoms with E-state index >= 15 is 0 Å². The number of allylic oxidation sites excluding steroid dienone is 5. The lowest BCUT2D eigenvalue weighted by molar-refractivity contribution is -0.265. The maximum atomic E-state index is 14.7. The van der Waals surface area contributed by atoms with Crippen LogP contribution in [0.2, 0.25) is 0 Å². The molecular weight excluding hydrogens is 1090 g/mol. The molecule has 18 atom stereocenters. The maximum absolute atomic E-state index is 14.7. The lowest BCUT2D eigenvalue weighted by Crippen LogP contribution is -2.61. The number of carbonyl (C=O) groups excluding carboxylic acids is 5. The van der Waals surface area contributed by atoms with Crippen LogP contribution >= 0.6 is 0 Å². The molecule has 19 heteroatoms. The first kappa shape index (κ1) is 70.4. The Bertz CT molecular complexity index is 2280. The zero-order valence-corrected chi connectivity index (χ0v) is 53.2. The highest BCUT2D eigenvalue weighted by atomic mass is 16.6. The number of aliphatic hydroxyl groups is 3. The zero-order chi connectivity index (χ0) is 62.0. The van der Waals surface area contributed by atoms with Gasteiger partial charge in [-0.15, -0.1) is 0 Å². The predicted octanol–water partition coefficient (Wildman–Crippen LogP) is 7.12. The molecule has 6 aliphatic rings. The zero-order valence-electron chi connectivity index (χ0n) is 53.2. The van der Waals surface area contributed by atoms with Crippen LogP contribution in [0.1, 0.15) is 152 Å². The summed E-state index contributed by atoms with van der Waals surface area (Å²) in [5.41, 5.74) is 1.31. The van der Waals surface area contributed by atoms with Crippen molar-refractivity contribution in [2.75, 3.05) is 80.5 Å². The van der Waals surface area contributed by atoms with E-state index in [1.807, 2.05) is 58.1 Å². The molecule has 482 valence electrons. The number of fused-ring (bicyclic) bond motifs is 5.